The first-order valence-electron chi connectivity index (χ1n) is 8.00. The minimum absolute atomic E-state index is 0.00902. The maximum Gasteiger partial charge on any atom is 0.323 e. The number of amides is 3. The maximum atomic E-state index is 12.4. The number of carbonyl (C=O) groups excluding carboxylic acids is 3. The van der Waals surface area contributed by atoms with Gasteiger partial charge in [-0.25, -0.2) is 0 Å². The molecule has 0 aromatic heterocycles. The first-order chi connectivity index (χ1) is 11.4. The molecule has 0 aromatic carbocycles. The van der Waals surface area contributed by atoms with Crippen molar-refractivity contribution in [2.75, 3.05) is 37.8 Å². The summed E-state index contributed by atoms with van der Waals surface area (Å²) in [6.45, 7) is 2.20. The third-order valence-corrected chi connectivity index (χ3v) is 5.30. The minimum atomic E-state index is -1.03. The molecule has 0 radical (unpaired) electrons. The highest BCUT2D eigenvalue weighted by molar-refractivity contribution is 8.00. The molecule has 0 bridgehead atoms. The lowest BCUT2D eigenvalue weighted by Crippen LogP contribution is -2.44. The van der Waals surface area contributed by atoms with Gasteiger partial charge in [0.25, 0.3) is 0 Å². The normalized spacial score (nSPS) is 21.5. The van der Waals surface area contributed by atoms with Crippen molar-refractivity contribution in [1.29, 1.82) is 0 Å². The van der Waals surface area contributed by atoms with Crippen molar-refractivity contribution in [3.63, 3.8) is 0 Å². The second kappa shape index (κ2) is 8.36. The van der Waals surface area contributed by atoms with E-state index in [0.717, 1.165) is 0 Å². The molecule has 9 heteroatoms. The molecule has 134 valence electrons. The molecule has 2 heterocycles. The lowest BCUT2D eigenvalue weighted by molar-refractivity contribution is -0.145. The molecule has 24 heavy (non-hydrogen) atoms. The molecule has 2 rings (SSSR count). The third-order valence-electron chi connectivity index (χ3n) is 4.35. The summed E-state index contributed by atoms with van der Waals surface area (Å²) >= 11 is 1.50. The Labute approximate surface area is 145 Å². The van der Waals surface area contributed by atoms with Gasteiger partial charge in [0.1, 0.15) is 13.1 Å². The Bertz CT molecular complexity index is 527. The fraction of sp³-hybridized carbons (Fsp3) is 0.733. The zero-order valence-electron chi connectivity index (χ0n) is 13.8. The van der Waals surface area contributed by atoms with E-state index in [9.17, 15) is 19.2 Å². The van der Waals surface area contributed by atoms with E-state index in [1.54, 1.807) is 9.80 Å². The Balaban J connectivity index is 1.91. The van der Waals surface area contributed by atoms with E-state index >= 15 is 0 Å². The van der Waals surface area contributed by atoms with Crippen LogP contribution < -0.4 is 0 Å². The lowest BCUT2D eigenvalue weighted by Gasteiger charge is -2.29. The molecule has 2 fully saturated rings. The molecule has 0 unspecified atom stereocenters. The van der Waals surface area contributed by atoms with E-state index in [2.05, 4.69) is 0 Å². The van der Waals surface area contributed by atoms with Gasteiger partial charge < -0.3 is 19.8 Å². The predicted octanol–water partition coefficient (Wildman–Crippen LogP) is -0.166. The van der Waals surface area contributed by atoms with Gasteiger partial charge in [-0.1, -0.05) is 0 Å². The van der Waals surface area contributed by atoms with E-state index in [1.807, 2.05) is 0 Å². The van der Waals surface area contributed by atoms with Crippen LogP contribution in [0.25, 0.3) is 0 Å². The number of nitrogens with zero attached hydrogens (tertiary/aromatic N) is 3. The van der Waals surface area contributed by atoms with Crippen molar-refractivity contribution in [1.82, 2.24) is 14.7 Å². The highest BCUT2D eigenvalue weighted by atomic mass is 32.2. The predicted molar refractivity (Wildman–Crippen MR) is 88.3 cm³/mol. The number of carbonyl (C=O) groups is 4. The van der Waals surface area contributed by atoms with Gasteiger partial charge in [0.15, 0.2) is 0 Å². The quantitative estimate of drug-likeness (QED) is 0.734. The standard InChI is InChI=1S/C15H23N3O5S/c1-11(19)18(8-15(22)23)12-3-2-5-16(6-4-12)13(20)7-17-10-24-9-14(17)21/h12H,2-10H2,1H3,(H,22,23)/t12-/m1/s1. The summed E-state index contributed by atoms with van der Waals surface area (Å²) in [6.07, 6.45) is 1.94. The van der Waals surface area contributed by atoms with Gasteiger partial charge in [0, 0.05) is 26.1 Å². The fourth-order valence-electron chi connectivity index (χ4n) is 3.09. The number of aliphatic carboxylic acids is 1. The Morgan fingerprint density at radius 3 is 2.62 bits per heavy atom. The van der Waals surface area contributed by atoms with Gasteiger partial charge >= 0.3 is 5.97 Å². The average Bonchev–Trinajstić information content (AvgIpc) is 2.77. The van der Waals surface area contributed by atoms with Crippen molar-refractivity contribution >= 4 is 35.5 Å². The van der Waals surface area contributed by atoms with Crippen LogP contribution in [0.4, 0.5) is 0 Å². The number of likely N-dealkylation sites (tertiary alicyclic amines) is 1. The first kappa shape index (κ1) is 18.6. The van der Waals surface area contributed by atoms with Crippen molar-refractivity contribution in [2.24, 2.45) is 0 Å². The molecular weight excluding hydrogens is 334 g/mol. The monoisotopic (exact) mass is 357 g/mol. The topological polar surface area (TPSA) is 98.2 Å². The minimum Gasteiger partial charge on any atom is -0.480 e. The number of carboxylic acids is 1. The number of carboxylic acid groups (broad SMARTS) is 1. The summed E-state index contributed by atoms with van der Waals surface area (Å²) in [6, 6.07) is -0.166. The van der Waals surface area contributed by atoms with Crippen LogP contribution in [0, 0.1) is 0 Å². The van der Waals surface area contributed by atoms with E-state index < -0.39 is 5.97 Å². The van der Waals surface area contributed by atoms with Crippen LogP contribution in [0.3, 0.4) is 0 Å². The molecule has 1 atom stereocenters. The average molecular weight is 357 g/mol. The molecule has 0 aliphatic carbocycles. The zero-order chi connectivity index (χ0) is 17.7. The molecular formula is C15H23N3O5S. The second-order valence-electron chi connectivity index (χ2n) is 6.08. The van der Waals surface area contributed by atoms with Gasteiger partial charge in [-0.15, -0.1) is 11.8 Å². The summed E-state index contributed by atoms with van der Waals surface area (Å²) in [7, 11) is 0. The highest BCUT2D eigenvalue weighted by Gasteiger charge is 2.29. The zero-order valence-corrected chi connectivity index (χ0v) is 14.6. The van der Waals surface area contributed by atoms with Crippen LogP contribution in [-0.2, 0) is 19.2 Å². The first-order valence-corrected chi connectivity index (χ1v) is 9.16. The second-order valence-corrected chi connectivity index (χ2v) is 7.03. The molecule has 0 spiro atoms. The molecule has 0 aromatic rings. The van der Waals surface area contributed by atoms with Crippen LogP contribution in [0.5, 0.6) is 0 Å². The molecule has 8 nitrogen and oxygen atoms in total. The van der Waals surface area contributed by atoms with Crippen molar-refractivity contribution in [3.8, 4) is 0 Å². The Morgan fingerprint density at radius 2 is 2.04 bits per heavy atom. The van der Waals surface area contributed by atoms with Crippen LogP contribution in [-0.4, -0.2) is 87.3 Å². The van der Waals surface area contributed by atoms with Gasteiger partial charge in [0.2, 0.25) is 17.7 Å². The molecule has 0 saturated carbocycles. The molecule has 2 aliphatic rings. The van der Waals surface area contributed by atoms with Crippen LogP contribution in [0.1, 0.15) is 26.2 Å². The van der Waals surface area contributed by atoms with E-state index in [1.165, 1.54) is 23.6 Å². The fourth-order valence-corrected chi connectivity index (χ4v) is 3.99. The molecule has 2 saturated heterocycles. The number of rotatable bonds is 5. The Morgan fingerprint density at radius 1 is 1.29 bits per heavy atom. The van der Waals surface area contributed by atoms with Gasteiger partial charge in [-0.2, -0.15) is 0 Å². The highest BCUT2D eigenvalue weighted by Crippen LogP contribution is 2.19. The van der Waals surface area contributed by atoms with E-state index in [4.69, 9.17) is 5.11 Å². The SMILES string of the molecule is CC(=O)N(CC(=O)O)[C@@H]1CCCN(C(=O)CN2CSCC2=O)CC1. The van der Waals surface area contributed by atoms with Crippen molar-refractivity contribution < 1.29 is 24.3 Å². The van der Waals surface area contributed by atoms with Crippen LogP contribution >= 0.6 is 11.8 Å². The van der Waals surface area contributed by atoms with Crippen LogP contribution in [0.2, 0.25) is 0 Å². The maximum absolute atomic E-state index is 12.4. The summed E-state index contributed by atoms with van der Waals surface area (Å²) in [5, 5.41) is 8.96. The van der Waals surface area contributed by atoms with E-state index in [0.29, 0.717) is 44.0 Å². The number of hydrogen-bond acceptors (Lipinski definition) is 5. The summed E-state index contributed by atoms with van der Waals surface area (Å²) in [5.74, 6) is -0.408. The number of thioether (sulfide) groups is 1. The summed E-state index contributed by atoms with van der Waals surface area (Å²) < 4.78 is 0. The van der Waals surface area contributed by atoms with Gasteiger partial charge in [-0.05, 0) is 19.3 Å². The summed E-state index contributed by atoms with van der Waals surface area (Å²) in [5.41, 5.74) is 0. The van der Waals surface area contributed by atoms with Crippen molar-refractivity contribution in [3.05, 3.63) is 0 Å². The van der Waals surface area contributed by atoms with Gasteiger partial charge in [0.05, 0.1) is 11.6 Å². The van der Waals surface area contributed by atoms with Crippen LogP contribution in [0.15, 0.2) is 0 Å². The molecule has 2 aliphatic heterocycles. The van der Waals surface area contributed by atoms with Gasteiger partial charge in [-0.3, -0.25) is 19.2 Å². The third kappa shape index (κ3) is 4.86. The Hall–Kier alpha value is -1.77. The number of hydrogen-bond donors (Lipinski definition) is 1. The molecule has 1 N–H and O–H groups in total. The van der Waals surface area contributed by atoms with E-state index in [-0.39, 0.29) is 36.9 Å². The smallest absolute Gasteiger partial charge is 0.323 e. The van der Waals surface area contributed by atoms with Crippen molar-refractivity contribution in [2.45, 2.75) is 32.2 Å². The largest absolute Gasteiger partial charge is 0.480 e. The summed E-state index contributed by atoms with van der Waals surface area (Å²) in [4.78, 5) is 51.3. The molecule has 3 amide bonds. The lowest BCUT2D eigenvalue weighted by atomic mass is 10.1. The Kier molecular flexibility index (Phi) is 6.47.